The van der Waals surface area contributed by atoms with Crippen molar-refractivity contribution in [3.63, 3.8) is 0 Å². The zero-order valence-corrected chi connectivity index (χ0v) is 14.1. The number of hydrogen-bond donors (Lipinski definition) is 0. The quantitative estimate of drug-likeness (QED) is 0.715. The largest absolute Gasteiger partial charge is 0.338 e. The molecule has 2 heterocycles. The molecule has 23 heavy (non-hydrogen) atoms. The van der Waals surface area contributed by atoms with Crippen molar-refractivity contribution in [2.45, 2.75) is 69.2 Å². The molecular formula is C21H25NO. The van der Waals surface area contributed by atoms with E-state index in [-0.39, 0.29) is 11.3 Å². The molecule has 2 heteroatoms. The Morgan fingerprint density at radius 1 is 1.22 bits per heavy atom. The zero-order valence-electron chi connectivity index (χ0n) is 14.1. The maximum absolute atomic E-state index is 13.2. The van der Waals surface area contributed by atoms with Gasteiger partial charge in [0, 0.05) is 23.9 Å². The van der Waals surface area contributed by atoms with Gasteiger partial charge in [-0.3, -0.25) is 4.79 Å². The summed E-state index contributed by atoms with van der Waals surface area (Å²) in [6.07, 6.45) is 6.13. The molecule has 0 spiro atoms. The van der Waals surface area contributed by atoms with E-state index in [0.29, 0.717) is 23.8 Å². The third-order valence-electron chi connectivity index (χ3n) is 8.30. The number of amides is 1. The molecule has 2 bridgehead atoms. The third kappa shape index (κ3) is 1.26. The minimum Gasteiger partial charge on any atom is -0.338 e. The maximum atomic E-state index is 13.2. The molecule has 120 valence electrons. The topological polar surface area (TPSA) is 20.3 Å². The van der Waals surface area contributed by atoms with Crippen LogP contribution in [0.1, 0.15) is 73.6 Å². The number of piperidine rings is 1. The van der Waals surface area contributed by atoms with Gasteiger partial charge in [0.1, 0.15) is 0 Å². The molecule has 0 saturated carbocycles. The van der Waals surface area contributed by atoms with Crippen molar-refractivity contribution in [1.82, 2.24) is 4.90 Å². The van der Waals surface area contributed by atoms with E-state index >= 15 is 0 Å². The van der Waals surface area contributed by atoms with Crippen molar-refractivity contribution in [1.29, 1.82) is 0 Å². The molecule has 0 radical (unpaired) electrons. The number of aryl methyl sites for hydroxylation is 1. The smallest absolute Gasteiger partial charge is 0.226 e. The van der Waals surface area contributed by atoms with Crippen molar-refractivity contribution in [2.24, 2.45) is 11.8 Å². The first-order valence-electron chi connectivity index (χ1n) is 9.57. The van der Waals surface area contributed by atoms with Crippen molar-refractivity contribution in [3.05, 3.63) is 34.4 Å². The first-order valence-corrected chi connectivity index (χ1v) is 9.57. The summed E-state index contributed by atoms with van der Waals surface area (Å²) in [5.74, 6) is 2.74. The summed E-state index contributed by atoms with van der Waals surface area (Å²) >= 11 is 0. The highest BCUT2D eigenvalue weighted by atomic mass is 16.2. The number of nitrogens with zero attached hydrogens (tertiary/aromatic N) is 1. The summed E-state index contributed by atoms with van der Waals surface area (Å²) in [5, 5.41) is 0. The molecule has 2 nitrogen and oxygen atoms in total. The van der Waals surface area contributed by atoms with Crippen LogP contribution in [0.25, 0.3) is 0 Å². The average molecular weight is 307 g/mol. The van der Waals surface area contributed by atoms with Crippen LogP contribution in [0.15, 0.2) is 12.1 Å². The van der Waals surface area contributed by atoms with E-state index in [0.717, 1.165) is 18.9 Å². The van der Waals surface area contributed by atoms with Gasteiger partial charge >= 0.3 is 0 Å². The van der Waals surface area contributed by atoms with E-state index in [2.05, 4.69) is 30.9 Å². The molecule has 2 aliphatic heterocycles. The lowest BCUT2D eigenvalue weighted by molar-refractivity contribution is -0.134. The minimum absolute atomic E-state index is 0.0908. The van der Waals surface area contributed by atoms with Gasteiger partial charge in [0.25, 0.3) is 0 Å². The highest BCUT2D eigenvalue weighted by Gasteiger charge is 2.64. The van der Waals surface area contributed by atoms with Crippen molar-refractivity contribution in [2.75, 3.05) is 6.54 Å². The van der Waals surface area contributed by atoms with E-state index in [4.69, 9.17) is 0 Å². The first kappa shape index (κ1) is 13.0. The molecule has 3 aliphatic carbocycles. The van der Waals surface area contributed by atoms with E-state index in [1.165, 1.54) is 25.7 Å². The van der Waals surface area contributed by atoms with E-state index < -0.39 is 0 Å². The Bertz CT molecular complexity index is 752. The van der Waals surface area contributed by atoms with E-state index in [1.54, 1.807) is 22.3 Å². The standard InChI is InChI=1S/C21H25NO/c1-11-10-22-17-9-15(11)14-7-5-12-3-4-13-6-8-16(20(22)23)21(17,2)19(14)18(12)13/h5,7,11,13,15-17H,3-4,6,8-10H2,1-2H3/t11-,13-,15?,16-,17?,21-/m1/s1. The number of benzene rings is 1. The molecule has 2 saturated heterocycles. The van der Waals surface area contributed by atoms with E-state index in [1.807, 2.05) is 0 Å². The van der Waals surface area contributed by atoms with Crippen LogP contribution in [0.2, 0.25) is 0 Å². The number of carbonyl (C=O) groups is 1. The summed E-state index contributed by atoms with van der Waals surface area (Å²) in [4.78, 5) is 15.5. The Morgan fingerprint density at radius 3 is 2.96 bits per heavy atom. The number of rotatable bonds is 0. The lowest BCUT2D eigenvalue weighted by atomic mass is 9.57. The number of hydrogen-bond acceptors (Lipinski definition) is 1. The number of carbonyl (C=O) groups excluding carboxylic acids is 1. The predicted molar refractivity (Wildman–Crippen MR) is 89.6 cm³/mol. The van der Waals surface area contributed by atoms with Crippen LogP contribution in [-0.4, -0.2) is 23.4 Å². The van der Waals surface area contributed by atoms with Crippen molar-refractivity contribution >= 4 is 5.91 Å². The third-order valence-corrected chi connectivity index (χ3v) is 8.30. The van der Waals surface area contributed by atoms with Crippen LogP contribution >= 0.6 is 0 Å². The van der Waals surface area contributed by atoms with Gasteiger partial charge in [0.15, 0.2) is 0 Å². The lowest BCUT2D eigenvalue weighted by Crippen LogP contribution is -2.53. The van der Waals surface area contributed by atoms with Crippen LogP contribution in [0, 0.1) is 11.8 Å². The molecule has 2 unspecified atom stereocenters. The second kappa shape index (κ2) is 3.84. The van der Waals surface area contributed by atoms with Gasteiger partial charge in [-0.1, -0.05) is 26.0 Å². The molecule has 1 amide bonds. The Balaban J connectivity index is 1.74. The second-order valence-electron chi connectivity index (χ2n) is 9.08. The highest BCUT2D eigenvalue weighted by Crippen LogP contribution is 2.63. The van der Waals surface area contributed by atoms with Crippen LogP contribution in [0.4, 0.5) is 0 Å². The van der Waals surface area contributed by atoms with Gasteiger partial charge in [-0.15, -0.1) is 0 Å². The fourth-order valence-corrected chi connectivity index (χ4v) is 7.27. The molecule has 0 aromatic heterocycles. The number of fused-ring (bicyclic) bond motifs is 2. The molecule has 1 aromatic carbocycles. The Hall–Kier alpha value is -1.31. The fraction of sp³-hybridized carbons (Fsp3) is 0.667. The van der Waals surface area contributed by atoms with Crippen LogP contribution in [0.5, 0.6) is 0 Å². The fourth-order valence-electron chi connectivity index (χ4n) is 7.27. The Kier molecular flexibility index (Phi) is 2.18. The molecular weight excluding hydrogens is 282 g/mol. The molecule has 6 rings (SSSR count). The predicted octanol–water partition coefficient (Wildman–Crippen LogP) is 3.73. The highest BCUT2D eigenvalue weighted by molar-refractivity contribution is 5.86. The van der Waals surface area contributed by atoms with Crippen LogP contribution in [0.3, 0.4) is 0 Å². The lowest BCUT2D eigenvalue weighted by Gasteiger charge is -2.51. The summed E-state index contributed by atoms with van der Waals surface area (Å²) in [7, 11) is 0. The summed E-state index contributed by atoms with van der Waals surface area (Å²) in [5.41, 5.74) is 6.68. The maximum Gasteiger partial charge on any atom is 0.226 e. The van der Waals surface area contributed by atoms with Crippen molar-refractivity contribution < 1.29 is 4.79 Å². The SMILES string of the molecule is C[C@@H]1CN2C(=O)[C@H]3CC[C@H]4CCc5ccc6c(c54)[C@@]3(C)C2CC61. The summed E-state index contributed by atoms with van der Waals surface area (Å²) in [6.45, 7) is 5.80. The Labute approximate surface area is 138 Å². The zero-order chi connectivity index (χ0) is 15.5. The van der Waals surface area contributed by atoms with Crippen molar-refractivity contribution in [3.8, 4) is 0 Å². The van der Waals surface area contributed by atoms with Gasteiger partial charge in [-0.25, -0.2) is 0 Å². The monoisotopic (exact) mass is 307 g/mol. The molecule has 6 atom stereocenters. The summed E-state index contributed by atoms with van der Waals surface area (Å²) in [6, 6.07) is 5.37. The van der Waals surface area contributed by atoms with Gasteiger partial charge in [-0.2, -0.15) is 0 Å². The minimum atomic E-state index is 0.0908. The average Bonchev–Trinajstić information content (AvgIpc) is 2.99. The normalized spacial score (nSPS) is 45.4. The van der Waals surface area contributed by atoms with E-state index in [9.17, 15) is 4.79 Å². The van der Waals surface area contributed by atoms with Crippen LogP contribution in [-0.2, 0) is 16.6 Å². The van der Waals surface area contributed by atoms with Crippen LogP contribution < -0.4 is 0 Å². The molecule has 0 N–H and O–H groups in total. The van der Waals surface area contributed by atoms with Gasteiger partial charge in [-0.05, 0) is 72.1 Å². The molecule has 2 fully saturated rings. The molecule has 1 aromatic rings. The van der Waals surface area contributed by atoms with Gasteiger partial charge in [0.2, 0.25) is 5.91 Å². The molecule has 5 aliphatic rings. The van der Waals surface area contributed by atoms with Gasteiger partial charge in [0.05, 0.1) is 0 Å². The van der Waals surface area contributed by atoms with Gasteiger partial charge < -0.3 is 4.90 Å². The summed E-state index contributed by atoms with van der Waals surface area (Å²) < 4.78 is 0. The second-order valence-corrected chi connectivity index (χ2v) is 9.08. The Morgan fingerprint density at radius 2 is 2.09 bits per heavy atom. The first-order chi connectivity index (χ1) is 11.1.